The van der Waals surface area contributed by atoms with Gasteiger partial charge < -0.3 is 4.74 Å². The molecule has 0 aliphatic carbocycles. The molecule has 2 aromatic carbocycles. The van der Waals surface area contributed by atoms with Crippen LogP contribution in [0.3, 0.4) is 0 Å². The third kappa shape index (κ3) is 4.21. The summed E-state index contributed by atoms with van der Waals surface area (Å²) in [5.74, 6) is -1.43. The molecule has 0 saturated heterocycles. The third-order valence-corrected chi connectivity index (χ3v) is 2.80. The van der Waals surface area contributed by atoms with Crippen molar-refractivity contribution in [3.63, 3.8) is 0 Å². The molecule has 0 heterocycles. The average Bonchev–Trinajstić information content (AvgIpc) is 2.48. The molecule has 0 bridgehead atoms. The highest BCUT2D eigenvalue weighted by Crippen LogP contribution is 2.17. The van der Waals surface area contributed by atoms with Gasteiger partial charge in [0, 0.05) is 12.0 Å². The molecule has 0 atom stereocenters. The molecule has 108 valence electrons. The molecule has 2 rings (SSSR count). The van der Waals surface area contributed by atoms with Crippen LogP contribution in [0, 0.1) is 11.6 Å². The van der Waals surface area contributed by atoms with Crippen LogP contribution in [0.4, 0.5) is 8.78 Å². The quantitative estimate of drug-likeness (QED) is 0.768. The Bertz CT molecular complexity index is 651. The van der Waals surface area contributed by atoms with Crippen molar-refractivity contribution < 1.29 is 23.1 Å². The molecule has 0 saturated carbocycles. The second-order valence-corrected chi connectivity index (χ2v) is 4.44. The van der Waals surface area contributed by atoms with Crippen LogP contribution in [0.15, 0.2) is 42.5 Å². The summed E-state index contributed by atoms with van der Waals surface area (Å²) >= 11 is 0. The molecule has 0 spiro atoms. The van der Waals surface area contributed by atoms with E-state index < -0.39 is 5.82 Å². The first-order chi connectivity index (χ1) is 10.1. The Hall–Kier alpha value is -2.56. The number of hydrogen-bond donors (Lipinski definition) is 0. The van der Waals surface area contributed by atoms with E-state index in [1.165, 1.54) is 36.4 Å². The number of benzene rings is 2. The van der Waals surface area contributed by atoms with E-state index in [-0.39, 0.29) is 35.9 Å². The molecule has 0 radical (unpaired) electrons. The maximum absolute atomic E-state index is 13.5. The summed E-state index contributed by atoms with van der Waals surface area (Å²) in [6.45, 7) is -0.297. The Labute approximate surface area is 120 Å². The van der Waals surface area contributed by atoms with Crippen molar-refractivity contribution in [2.24, 2.45) is 0 Å². The van der Waals surface area contributed by atoms with Crippen molar-refractivity contribution in [2.75, 3.05) is 6.61 Å². The van der Waals surface area contributed by atoms with Crippen LogP contribution in [0.25, 0.3) is 0 Å². The second-order valence-electron chi connectivity index (χ2n) is 4.44. The van der Waals surface area contributed by atoms with E-state index in [2.05, 4.69) is 0 Å². The zero-order valence-electron chi connectivity index (χ0n) is 11.0. The Kier molecular flexibility index (Phi) is 4.77. The summed E-state index contributed by atoms with van der Waals surface area (Å²) in [6.07, 6.45) is 0.598. The van der Waals surface area contributed by atoms with Crippen molar-refractivity contribution in [1.82, 2.24) is 0 Å². The van der Waals surface area contributed by atoms with Crippen LogP contribution in [0.2, 0.25) is 0 Å². The van der Waals surface area contributed by atoms with Gasteiger partial charge in [0.25, 0.3) is 0 Å². The van der Waals surface area contributed by atoms with Gasteiger partial charge in [-0.3, -0.25) is 9.59 Å². The number of halogens is 2. The first kappa shape index (κ1) is 14.8. The van der Waals surface area contributed by atoms with Gasteiger partial charge in [0.05, 0.1) is 0 Å². The normalized spacial score (nSPS) is 10.2. The average molecular weight is 290 g/mol. The van der Waals surface area contributed by atoms with E-state index >= 15 is 0 Å². The maximum atomic E-state index is 13.5. The minimum Gasteiger partial charge on any atom is -0.483 e. The number of ketones is 1. The Morgan fingerprint density at radius 2 is 1.81 bits per heavy atom. The number of Topliss-reactive ketones (excluding diaryl/α,β-unsaturated/α-hetero) is 1. The molecular weight excluding hydrogens is 278 g/mol. The van der Waals surface area contributed by atoms with Crippen molar-refractivity contribution in [2.45, 2.75) is 6.42 Å². The van der Waals surface area contributed by atoms with Crippen molar-refractivity contribution in [1.29, 1.82) is 0 Å². The predicted octanol–water partition coefficient (Wildman–Crippen LogP) is 2.97. The van der Waals surface area contributed by atoms with Gasteiger partial charge in [-0.25, -0.2) is 8.78 Å². The fourth-order valence-corrected chi connectivity index (χ4v) is 1.75. The zero-order valence-corrected chi connectivity index (χ0v) is 11.0. The highest BCUT2D eigenvalue weighted by molar-refractivity contribution is 5.82. The summed E-state index contributed by atoms with van der Waals surface area (Å²) in [5.41, 5.74) is 0.847. The van der Waals surface area contributed by atoms with Crippen LogP contribution < -0.4 is 4.74 Å². The lowest BCUT2D eigenvalue weighted by Gasteiger charge is -2.07. The molecule has 0 amide bonds. The molecular formula is C16H12F2O3. The van der Waals surface area contributed by atoms with Crippen LogP contribution in [0.1, 0.15) is 15.9 Å². The van der Waals surface area contributed by atoms with Crippen LogP contribution in [-0.4, -0.2) is 18.7 Å². The van der Waals surface area contributed by atoms with Gasteiger partial charge in [0.15, 0.2) is 17.3 Å². The summed E-state index contributed by atoms with van der Waals surface area (Å²) in [6, 6.07) is 9.27. The first-order valence-corrected chi connectivity index (χ1v) is 6.22. The summed E-state index contributed by atoms with van der Waals surface area (Å²) in [7, 11) is 0. The predicted molar refractivity (Wildman–Crippen MR) is 72.4 cm³/mol. The van der Waals surface area contributed by atoms with Gasteiger partial charge in [-0.05, 0) is 35.9 Å². The fraction of sp³-hybridized carbons (Fsp3) is 0.125. The largest absolute Gasteiger partial charge is 0.483 e. The lowest BCUT2D eigenvalue weighted by atomic mass is 10.1. The number of carbonyl (C=O) groups excluding carboxylic acids is 2. The van der Waals surface area contributed by atoms with Crippen molar-refractivity contribution in [3.8, 4) is 5.75 Å². The molecule has 0 aliphatic rings. The van der Waals surface area contributed by atoms with Gasteiger partial charge in [-0.15, -0.1) is 0 Å². The maximum Gasteiger partial charge on any atom is 0.174 e. The number of hydrogen-bond acceptors (Lipinski definition) is 3. The minimum absolute atomic E-state index is 0.0777. The molecule has 21 heavy (non-hydrogen) atoms. The zero-order chi connectivity index (χ0) is 15.2. The van der Waals surface area contributed by atoms with Crippen LogP contribution in [0.5, 0.6) is 5.75 Å². The van der Waals surface area contributed by atoms with Crippen molar-refractivity contribution >= 4 is 12.1 Å². The van der Waals surface area contributed by atoms with Crippen LogP contribution in [-0.2, 0) is 11.2 Å². The highest BCUT2D eigenvalue weighted by atomic mass is 19.1. The van der Waals surface area contributed by atoms with Gasteiger partial charge in [-0.2, -0.15) is 0 Å². The second kappa shape index (κ2) is 6.74. The van der Waals surface area contributed by atoms with E-state index in [0.717, 1.165) is 6.07 Å². The van der Waals surface area contributed by atoms with Crippen LogP contribution >= 0.6 is 0 Å². The van der Waals surface area contributed by atoms with Gasteiger partial charge in [0.1, 0.15) is 18.7 Å². The van der Waals surface area contributed by atoms with E-state index in [1.54, 1.807) is 0 Å². The summed E-state index contributed by atoms with van der Waals surface area (Å²) in [4.78, 5) is 22.2. The number of ether oxygens (including phenoxy) is 1. The molecule has 2 aromatic rings. The Balaban J connectivity index is 1.92. The number of rotatable bonds is 6. The molecule has 0 N–H and O–H groups in total. The summed E-state index contributed by atoms with van der Waals surface area (Å²) in [5, 5.41) is 0. The summed E-state index contributed by atoms with van der Waals surface area (Å²) < 4.78 is 31.3. The topological polar surface area (TPSA) is 43.4 Å². The lowest BCUT2D eigenvalue weighted by molar-refractivity contribution is -0.120. The van der Waals surface area contributed by atoms with E-state index in [1.807, 2.05) is 0 Å². The molecule has 0 aromatic heterocycles. The Morgan fingerprint density at radius 3 is 2.43 bits per heavy atom. The van der Waals surface area contributed by atoms with E-state index in [0.29, 0.717) is 11.8 Å². The number of aldehydes is 1. The SMILES string of the molecule is O=Cc1ccc(OCC(=O)Cc2ccc(F)cc2)c(F)c1. The van der Waals surface area contributed by atoms with Crippen molar-refractivity contribution in [3.05, 3.63) is 65.2 Å². The molecule has 3 nitrogen and oxygen atoms in total. The van der Waals surface area contributed by atoms with Gasteiger partial charge in [-0.1, -0.05) is 12.1 Å². The highest BCUT2D eigenvalue weighted by Gasteiger charge is 2.09. The van der Waals surface area contributed by atoms with E-state index in [4.69, 9.17) is 4.74 Å². The monoisotopic (exact) mass is 290 g/mol. The van der Waals surface area contributed by atoms with Gasteiger partial charge >= 0.3 is 0 Å². The fourth-order valence-electron chi connectivity index (χ4n) is 1.75. The third-order valence-electron chi connectivity index (χ3n) is 2.80. The van der Waals surface area contributed by atoms with Gasteiger partial charge in [0.2, 0.25) is 0 Å². The number of carbonyl (C=O) groups is 2. The first-order valence-electron chi connectivity index (χ1n) is 6.22. The standard InChI is InChI=1S/C16H12F2O3/c17-13-4-1-11(2-5-13)7-14(20)10-21-16-6-3-12(9-19)8-15(16)18/h1-6,8-9H,7,10H2. The Morgan fingerprint density at radius 1 is 1.10 bits per heavy atom. The molecule has 5 heteroatoms. The minimum atomic E-state index is -0.700. The lowest BCUT2D eigenvalue weighted by Crippen LogP contribution is -2.14. The molecule has 0 unspecified atom stereocenters. The molecule has 0 aliphatic heterocycles. The molecule has 0 fully saturated rings. The smallest absolute Gasteiger partial charge is 0.174 e. The van der Waals surface area contributed by atoms with E-state index in [9.17, 15) is 18.4 Å².